The molecule has 16 heavy (non-hydrogen) atoms. The molecule has 0 unspecified atom stereocenters. The fourth-order valence-corrected chi connectivity index (χ4v) is 1.33. The van der Waals surface area contributed by atoms with Crippen LogP contribution in [0.15, 0.2) is 24.5 Å². The van der Waals surface area contributed by atoms with Crippen LogP contribution in [0.4, 0.5) is 0 Å². The molecule has 1 aromatic heterocycles. The van der Waals surface area contributed by atoms with Crippen molar-refractivity contribution in [2.75, 3.05) is 0 Å². The van der Waals surface area contributed by atoms with E-state index in [2.05, 4.69) is 10.3 Å². The van der Waals surface area contributed by atoms with Gasteiger partial charge in [-0.2, -0.15) is 0 Å². The average Bonchev–Trinajstić information content (AvgIpc) is 2.28. The van der Waals surface area contributed by atoms with E-state index in [9.17, 15) is 4.79 Å². The molecule has 0 bridgehead atoms. The Hall–Kier alpha value is -1.42. The normalized spacial score (nSPS) is 14.6. The van der Waals surface area contributed by atoms with E-state index >= 15 is 0 Å². The van der Waals surface area contributed by atoms with Crippen LogP contribution in [0, 0.1) is 5.92 Å². The molecule has 2 atom stereocenters. The number of hydrogen-bond acceptors (Lipinski definition) is 3. The fourth-order valence-electron chi connectivity index (χ4n) is 1.33. The number of amides is 1. The smallest absolute Gasteiger partial charge is 0.237 e. The SMILES string of the molecule is CC(C)[C@@H](N)C(=O)N[C@H](C)c1cccnc1. The van der Waals surface area contributed by atoms with Crippen LogP contribution in [0.2, 0.25) is 0 Å². The van der Waals surface area contributed by atoms with Gasteiger partial charge in [0.05, 0.1) is 12.1 Å². The molecule has 0 aliphatic heterocycles. The third kappa shape index (κ3) is 3.31. The van der Waals surface area contributed by atoms with Crippen LogP contribution >= 0.6 is 0 Å². The fraction of sp³-hybridized carbons (Fsp3) is 0.500. The number of pyridine rings is 1. The maximum atomic E-state index is 11.7. The van der Waals surface area contributed by atoms with Gasteiger partial charge in [-0.1, -0.05) is 19.9 Å². The predicted molar refractivity (Wildman–Crippen MR) is 63.6 cm³/mol. The molecule has 1 amide bonds. The zero-order chi connectivity index (χ0) is 12.1. The van der Waals surface area contributed by atoms with E-state index in [0.717, 1.165) is 5.56 Å². The number of nitrogens with two attached hydrogens (primary N) is 1. The molecule has 4 nitrogen and oxygen atoms in total. The number of hydrogen-bond donors (Lipinski definition) is 2. The molecule has 0 aromatic carbocycles. The largest absolute Gasteiger partial charge is 0.348 e. The lowest BCUT2D eigenvalue weighted by molar-refractivity contribution is -0.123. The van der Waals surface area contributed by atoms with Crippen molar-refractivity contribution in [3.8, 4) is 0 Å². The monoisotopic (exact) mass is 221 g/mol. The van der Waals surface area contributed by atoms with Gasteiger partial charge in [0.2, 0.25) is 5.91 Å². The zero-order valence-electron chi connectivity index (χ0n) is 9.97. The van der Waals surface area contributed by atoms with E-state index in [1.54, 1.807) is 12.4 Å². The molecule has 0 spiro atoms. The minimum absolute atomic E-state index is 0.0639. The first-order valence-electron chi connectivity index (χ1n) is 5.48. The summed E-state index contributed by atoms with van der Waals surface area (Å²) in [5.74, 6) is 0.0208. The second-order valence-corrected chi connectivity index (χ2v) is 4.29. The molecular weight excluding hydrogens is 202 g/mol. The molecule has 0 saturated heterocycles. The quantitative estimate of drug-likeness (QED) is 0.803. The first-order chi connectivity index (χ1) is 7.52. The average molecular weight is 221 g/mol. The van der Waals surface area contributed by atoms with Gasteiger partial charge in [-0.15, -0.1) is 0 Å². The lowest BCUT2D eigenvalue weighted by Crippen LogP contribution is -2.44. The molecule has 1 rings (SSSR count). The van der Waals surface area contributed by atoms with E-state index in [1.165, 1.54) is 0 Å². The standard InChI is InChI=1S/C12H19N3O/c1-8(2)11(13)12(16)15-9(3)10-5-4-6-14-7-10/h4-9,11H,13H2,1-3H3,(H,15,16)/t9-,11-/m1/s1. The van der Waals surface area contributed by atoms with Gasteiger partial charge in [-0.3, -0.25) is 9.78 Å². The van der Waals surface area contributed by atoms with Gasteiger partial charge in [0, 0.05) is 12.4 Å². The first-order valence-corrected chi connectivity index (χ1v) is 5.48. The van der Waals surface area contributed by atoms with Crippen LogP contribution in [0.25, 0.3) is 0 Å². The summed E-state index contributed by atoms with van der Waals surface area (Å²) in [6, 6.07) is 3.25. The molecule has 88 valence electrons. The summed E-state index contributed by atoms with van der Waals surface area (Å²) in [7, 11) is 0. The molecule has 1 aromatic rings. The Balaban J connectivity index is 2.58. The summed E-state index contributed by atoms with van der Waals surface area (Å²) >= 11 is 0. The van der Waals surface area contributed by atoms with E-state index < -0.39 is 6.04 Å². The molecule has 0 radical (unpaired) electrons. The second kappa shape index (κ2) is 5.61. The van der Waals surface area contributed by atoms with Crippen molar-refractivity contribution < 1.29 is 4.79 Å². The Morgan fingerprint density at radius 3 is 2.62 bits per heavy atom. The van der Waals surface area contributed by atoms with Crippen molar-refractivity contribution in [3.63, 3.8) is 0 Å². The molecule has 0 saturated carbocycles. The number of nitrogens with zero attached hydrogens (tertiary/aromatic N) is 1. The zero-order valence-corrected chi connectivity index (χ0v) is 9.97. The molecule has 0 fully saturated rings. The molecule has 4 heteroatoms. The van der Waals surface area contributed by atoms with Crippen molar-refractivity contribution in [2.24, 2.45) is 11.7 Å². The van der Waals surface area contributed by atoms with E-state index in [0.29, 0.717) is 0 Å². The topological polar surface area (TPSA) is 68.0 Å². The van der Waals surface area contributed by atoms with Crippen LogP contribution in [0.5, 0.6) is 0 Å². The van der Waals surface area contributed by atoms with Crippen molar-refractivity contribution in [1.82, 2.24) is 10.3 Å². The number of rotatable bonds is 4. The summed E-state index contributed by atoms with van der Waals surface area (Å²) in [5, 5.41) is 2.87. The predicted octanol–water partition coefficient (Wildman–Crippen LogP) is 1.24. The van der Waals surface area contributed by atoms with E-state index in [-0.39, 0.29) is 17.9 Å². The molecular formula is C12H19N3O. The van der Waals surface area contributed by atoms with E-state index in [4.69, 9.17) is 5.73 Å². The van der Waals surface area contributed by atoms with Crippen molar-refractivity contribution >= 4 is 5.91 Å². The van der Waals surface area contributed by atoms with Gasteiger partial charge in [0.15, 0.2) is 0 Å². The lowest BCUT2D eigenvalue weighted by atomic mass is 10.0. The van der Waals surface area contributed by atoms with Gasteiger partial charge >= 0.3 is 0 Å². The van der Waals surface area contributed by atoms with E-state index in [1.807, 2.05) is 32.9 Å². The van der Waals surface area contributed by atoms with Gasteiger partial charge in [0.25, 0.3) is 0 Å². The Kier molecular flexibility index (Phi) is 4.43. The van der Waals surface area contributed by atoms with Crippen molar-refractivity contribution in [3.05, 3.63) is 30.1 Å². The Morgan fingerprint density at radius 1 is 1.44 bits per heavy atom. The number of aromatic nitrogens is 1. The molecule has 1 heterocycles. The molecule has 0 aliphatic carbocycles. The highest BCUT2D eigenvalue weighted by molar-refractivity contribution is 5.82. The van der Waals surface area contributed by atoms with Crippen LogP contribution in [-0.2, 0) is 4.79 Å². The number of nitrogens with one attached hydrogen (secondary N) is 1. The highest BCUT2D eigenvalue weighted by Gasteiger charge is 2.19. The summed E-state index contributed by atoms with van der Waals surface area (Å²) in [6.07, 6.45) is 3.45. The van der Waals surface area contributed by atoms with Crippen LogP contribution in [0.3, 0.4) is 0 Å². The highest BCUT2D eigenvalue weighted by Crippen LogP contribution is 2.10. The van der Waals surface area contributed by atoms with Crippen molar-refractivity contribution in [1.29, 1.82) is 0 Å². The Morgan fingerprint density at radius 2 is 2.12 bits per heavy atom. The van der Waals surface area contributed by atoms with Gasteiger partial charge in [-0.25, -0.2) is 0 Å². The van der Waals surface area contributed by atoms with Crippen molar-refractivity contribution in [2.45, 2.75) is 32.9 Å². The second-order valence-electron chi connectivity index (χ2n) is 4.29. The number of carbonyl (C=O) groups is 1. The molecule has 0 aliphatic rings. The van der Waals surface area contributed by atoms with Gasteiger partial charge < -0.3 is 11.1 Å². The molecule has 3 N–H and O–H groups in total. The first kappa shape index (κ1) is 12.6. The summed E-state index contributed by atoms with van der Waals surface area (Å²) in [6.45, 7) is 5.78. The summed E-state index contributed by atoms with van der Waals surface area (Å²) in [5.41, 5.74) is 6.74. The number of carbonyl (C=O) groups excluding carboxylic acids is 1. The van der Waals surface area contributed by atoms with Crippen LogP contribution < -0.4 is 11.1 Å². The van der Waals surface area contributed by atoms with Gasteiger partial charge in [-0.05, 0) is 24.5 Å². The lowest BCUT2D eigenvalue weighted by Gasteiger charge is -2.19. The Bertz CT molecular complexity index is 337. The summed E-state index contributed by atoms with van der Waals surface area (Å²) < 4.78 is 0. The third-order valence-electron chi connectivity index (χ3n) is 2.56. The minimum atomic E-state index is -0.459. The maximum Gasteiger partial charge on any atom is 0.237 e. The maximum absolute atomic E-state index is 11.7. The highest BCUT2D eigenvalue weighted by atomic mass is 16.2. The Labute approximate surface area is 96.3 Å². The van der Waals surface area contributed by atoms with Crippen LogP contribution in [0.1, 0.15) is 32.4 Å². The third-order valence-corrected chi connectivity index (χ3v) is 2.56. The summed E-state index contributed by atoms with van der Waals surface area (Å²) in [4.78, 5) is 15.7. The minimum Gasteiger partial charge on any atom is -0.348 e. The van der Waals surface area contributed by atoms with Crippen LogP contribution in [-0.4, -0.2) is 16.9 Å². The van der Waals surface area contributed by atoms with Gasteiger partial charge in [0.1, 0.15) is 0 Å².